The van der Waals surface area contributed by atoms with E-state index in [-0.39, 0.29) is 0 Å². The second-order valence-electron chi connectivity index (χ2n) is 5.11. The van der Waals surface area contributed by atoms with Crippen molar-refractivity contribution in [3.05, 3.63) is 17.4 Å². The van der Waals surface area contributed by atoms with Gasteiger partial charge in [0.05, 0.1) is 5.69 Å². The summed E-state index contributed by atoms with van der Waals surface area (Å²) in [6, 6.07) is 0.911. The van der Waals surface area contributed by atoms with Gasteiger partial charge in [-0.05, 0) is 31.8 Å². The standard InChI is InChI=1S/C13H20ClN3/c1-10(2)16-13-8-15-17(9-12(13)14)11-6-4-3-5-7-11/h8-11H,3-7H2,1-2H3/p+1. The number of halogens is 1. The van der Waals surface area contributed by atoms with Crippen molar-refractivity contribution >= 4 is 17.3 Å². The summed E-state index contributed by atoms with van der Waals surface area (Å²) in [5.74, 6) is 0. The lowest BCUT2D eigenvalue weighted by Gasteiger charge is -2.16. The Balaban J connectivity index is 2.12. The number of rotatable bonds is 3. The van der Waals surface area contributed by atoms with Crippen LogP contribution >= 0.6 is 11.6 Å². The number of nitrogens with zero attached hydrogens (tertiary/aromatic N) is 2. The van der Waals surface area contributed by atoms with Crippen LogP contribution in [0.5, 0.6) is 0 Å². The van der Waals surface area contributed by atoms with Gasteiger partial charge in [0.25, 0.3) is 0 Å². The van der Waals surface area contributed by atoms with Crippen molar-refractivity contribution in [2.75, 3.05) is 5.32 Å². The van der Waals surface area contributed by atoms with E-state index in [2.05, 4.69) is 24.3 Å². The third kappa shape index (κ3) is 3.32. The van der Waals surface area contributed by atoms with Crippen LogP contribution in [0.15, 0.2) is 12.4 Å². The number of hydrogen-bond donors (Lipinski definition) is 1. The van der Waals surface area contributed by atoms with Crippen molar-refractivity contribution in [2.45, 2.75) is 58.0 Å². The first-order valence-electron chi connectivity index (χ1n) is 6.50. The van der Waals surface area contributed by atoms with E-state index in [9.17, 15) is 0 Å². The molecule has 0 aliphatic heterocycles. The third-order valence-electron chi connectivity index (χ3n) is 3.22. The minimum Gasteiger partial charge on any atom is -0.380 e. The van der Waals surface area contributed by atoms with E-state index in [0.29, 0.717) is 12.1 Å². The van der Waals surface area contributed by atoms with Crippen molar-refractivity contribution in [2.24, 2.45) is 0 Å². The minimum absolute atomic E-state index is 0.375. The molecular formula is C13H21ClN3+. The van der Waals surface area contributed by atoms with Crippen LogP contribution in [0.1, 0.15) is 52.0 Å². The first kappa shape index (κ1) is 12.6. The largest absolute Gasteiger partial charge is 0.380 e. The maximum absolute atomic E-state index is 6.27. The van der Waals surface area contributed by atoms with E-state index in [1.54, 1.807) is 0 Å². The summed E-state index contributed by atoms with van der Waals surface area (Å²) in [5.41, 5.74) is 0.925. The van der Waals surface area contributed by atoms with Gasteiger partial charge in [0.15, 0.2) is 6.04 Å². The van der Waals surface area contributed by atoms with Crippen LogP contribution in [0.2, 0.25) is 5.02 Å². The fraction of sp³-hybridized carbons (Fsp3) is 0.692. The molecular weight excluding hydrogens is 234 g/mol. The molecule has 4 heteroatoms. The zero-order valence-corrected chi connectivity index (χ0v) is 11.4. The lowest BCUT2D eigenvalue weighted by molar-refractivity contribution is -0.779. The fourth-order valence-corrected chi connectivity index (χ4v) is 2.57. The number of aromatic nitrogens is 2. The van der Waals surface area contributed by atoms with Crippen LogP contribution in [-0.2, 0) is 0 Å². The molecule has 0 unspecified atom stereocenters. The van der Waals surface area contributed by atoms with E-state index < -0.39 is 0 Å². The number of anilines is 1. The van der Waals surface area contributed by atoms with Gasteiger partial charge in [-0.2, -0.15) is 0 Å². The first-order chi connectivity index (χ1) is 8.16. The lowest BCUT2D eigenvalue weighted by Crippen LogP contribution is -2.43. The predicted octanol–water partition coefficient (Wildman–Crippen LogP) is 3.35. The number of hydrogen-bond acceptors (Lipinski definition) is 2. The highest BCUT2D eigenvalue weighted by Crippen LogP contribution is 2.25. The van der Waals surface area contributed by atoms with Crippen LogP contribution in [0, 0.1) is 0 Å². The summed E-state index contributed by atoms with van der Waals surface area (Å²) in [4.78, 5) is 0. The molecule has 1 aliphatic rings. The maximum Gasteiger partial charge on any atom is 0.217 e. The van der Waals surface area contributed by atoms with Gasteiger partial charge < -0.3 is 5.32 Å². The molecule has 1 heterocycles. The quantitative estimate of drug-likeness (QED) is 0.838. The molecule has 3 nitrogen and oxygen atoms in total. The van der Waals surface area contributed by atoms with Crippen LogP contribution in [0.25, 0.3) is 0 Å². The fourth-order valence-electron chi connectivity index (χ4n) is 2.37. The van der Waals surface area contributed by atoms with Crippen LogP contribution in [0.3, 0.4) is 0 Å². The molecule has 0 bridgehead atoms. The molecule has 17 heavy (non-hydrogen) atoms. The molecule has 1 aromatic heterocycles. The van der Waals surface area contributed by atoms with Gasteiger partial charge in [-0.15, -0.1) is 0 Å². The van der Waals surface area contributed by atoms with Crippen molar-refractivity contribution in [1.29, 1.82) is 0 Å². The molecule has 94 valence electrons. The highest BCUT2D eigenvalue weighted by atomic mass is 35.5. The van der Waals surface area contributed by atoms with Crippen LogP contribution in [-0.4, -0.2) is 11.1 Å². The molecule has 0 aromatic carbocycles. The van der Waals surface area contributed by atoms with Gasteiger partial charge in [0.2, 0.25) is 6.20 Å². The van der Waals surface area contributed by atoms with Crippen molar-refractivity contribution in [1.82, 2.24) is 5.10 Å². The zero-order chi connectivity index (χ0) is 12.3. The predicted molar refractivity (Wildman–Crippen MR) is 70.3 cm³/mol. The van der Waals surface area contributed by atoms with E-state index in [4.69, 9.17) is 11.6 Å². The molecule has 0 spiro atoms. The van der Waals surface area contributed by atoms with Crippen molar-refractivity contribution < 1.29 is 4.68 Å². The van der Waals surface area contributed by atoms with Gasteiger partial charge in [0.1, 0.15) is 11.2 Å². The molecule has 1 fully saturated rings. The Morgan fingerprint density at radius 3 is 2.65 bits per heavy atom. The SMILES string of the molecule is CC(C)Nc1cn[n+](C2CCCCC2)cc1Cl. The summed E-state index contributed by atoms with van der Waals surface area (Å²) in [6.07, 6.45) is 10.2. The Morgan fingerprint density at radius 2 is 2.06 bits per heavy atom. The second kappa shape index (κ2) is 5.67. The molecule has 1 saturated carbocycles. The summed E-state index contributed by atoms with van der Waals surface area (Å²) < 4.78 is 2.03. The Hall–Kier alpha value is -0.830. The highest BCUT2D eigenvalue weighted by Gasteiger charge is 2.24. The summed E-state index contributed by atoms with van der Waals surface area (Å²) in [6.45, 7) is 4.19. The molecule has 0 amide bonds. The van der Waals surface area contributed by atoms with Gasteiger partial charge in [-0.1, -0.05) is 22.7 Å². The number of nitrogens with one attached hydrogen (secondary N) is 1. The van der Waals surface area contributed by atoms with E-state index in [1.165, 1.54) is 32.1 Å². The van der Waals surface area contributed by atoms with E-state index in [1.807, 2.05) is 17.1 Å². The van der Waals surface area contributed by atoms with Crippen LogP contribution < -0.4 is 10.00 Å². The summed E-state index contributed by atoms with van der Waals surface area (Å²) in [5, 5.41) is 8.54. The molecule has 0 atom stereocenters. The molecule has 2 rings (SSSR count). The lowest BCUT2D eigenvalue weighted by atomic mass is 9.96. The Kier molecular flexibility index (Phi) is 4.21. The highest BCUT2D eigenvalue weighted by molar-refractivity contribution is 6.32. The smallest absolute Gasteiger partial charge is 0.217 e. The minimum atomic E-state index is 0.375. The second-order valence-corrected chi connectivity index (χ2v) is 5.51. The Morgan fingerprint density at radius 1 is 1.35 bits per heavy atom. The van der Waals surface area contributed by atoms with E-state index >= 15 is 0 Å². The Bertz CT molecular complexity index is 373. The monoisotopic (exact) mass is 254 g/mol. The average molecular weight is 255 g/mol. The average Bonchev–Trinajstić information content (AvgIpc) is 2.32. The molecule has 0 radical (unpaired) electrons. The van der Waals surface area contributed by atoms with Crippen molar-refractivity contribution in [3.63, 3.8) is 0 Å². The summed E-state index contributed by atoms with van der Waals surface area (Å²) in [7, 11) is 0. The normalized spacial score (nSPS) is 17.4. The molecule has 1 aromatic rings. The van der Waals surface area contributed by atoms with E-state index in [0.717, 1.165) is 10.7 Å². The molecule has 1 N–H and O–H groups in total. The topological polar surface area (TPSA) is 28.8 Å². The summed E-state index contributed by atoms with van der Waals surface area (Å²) >= 11 is 6.27. The molecule has 1 aliphatic carbocycles. The van der Waals surface area contributed by atoms with Gasteiger partial charge >= 0.3 is 0 Å². The van der Waals surface area contributed by atoms with Gasteiger partial charge in [-0.3, -0.25) is 0 Å². The van der Waals surface area contributed by atoms with Crippen LogP contribution in [0.4, 0.5) is 5.69 Å². The van der Waals surface area contributed by atoms with Gasteiger partial charge in [0, 0.05) is 18.9 Å². The van der Waals surface area contributed by atoms with Gasteiger partial charge in [-0.25, -0.2) is 0 Å². The third-order valence-corrected chi connectivity index (χ3v) is 3.52. The maximum atomic E-state index is 6.27. The van der Waals surface area contributed by atoms with Crippen molar-refractivity contribution in [3.8, 4) is 0 Å². The zero-order valence-electron chi connectivity index (χ0n) is 10.6. The Labute approximate surface area is 108 Å². The molecule has 0 saturated heterocycles. The first-order valence-corrected chi connectivity index (χ1v) is 6.88.